The van der Waals surface area contributed by atoms with E-state index in [9.17, 15) is 14.4 Å². The number of rotatable bonds is 2. The summed E-state index contributed by atoms with van der Waals surface area (Å²) < 4.78 is 9.89. The summed E-state index contributed by atoms with van der Waals surface area (Å²) in [5.41, 5.74) is 1.24. The van der Waals surface area contributed by atoms with Gasteiger partial charge in [-0.15, -0.1) is 0 Å². The molecule has 0 saturated carbocycles. The predicted octanol–water partition coefficient (Wildman–Crippen LogP) is 1.01. The van der Waals surface area contributed by atoms with Gasteiger partial charge in [-0.2, -0.15) is 0 Å². The molecule has 0 aromatic heterocycles. The Bertz CT molecular complexity index is 966. The minimum absolute atomic E-state index is 0.113. The molecule has 28 heavy (non-hydrogen) atoms. The molecule has 0 aliphatic carbocycles. The SMILES string of the molecule is COC(=O)C1=C(C(=O)OC)C2N(C)c3ccccc3[C@@]23CCN(C(C)=O)C3=N1. The summed E-state index contributed by atoms with van der Waals surface area (Å²) >= 11 is 0. The van der Waals surface area contributed by atoms with E-state index in [1.807, 2.05) is 36.2 Å². The van der Waals surface area contributed by atoms with Crippen LogP contribution in [0.25, 0.3) is 0 Å². The molecule has 2 atom stereocenters. The number of nitrogens with zero attached hydrogens (tertiary/aromatic N) is 3. The van der Waals surface area contributed by atoms with Gasteiger partial charge in [-0.1, -0.05) is 18.2 Å². The number of fused-ring (bicyclic) bond motifs is 1. The Morgan fingerprint density at radius 2 is 1.82 bits per heavy atom. The molecule has 3 aliphatic heterocycles. The summed E-state index contributed by atoms with van der Waals surface area (Å²) in [6, 6.07) is 7.27. The van der Waals surface area contributed by atoms with Crippen molar-refractivity contribution >= 4 is 29.4 Å². The van der Waals surface area contributed by atoms with Crippen LogP contribution in [-0.2, 0) is 29.3 Å². The number of hydrogen-bond donors (Lipinski definition) is 0. The van der Waals surface area contributed by atoms with Crippen LogP contribution in [0.1, 0.15) is 18.9 Å². The minimum Gasteiger partial charge on any atom is -0.466 e. The fourth-order valence-electron chi connectivity index (χ4n) is 4.81. The molecule has 1 aromatic carbocycles. The molecule has 0 bridgehead atoms. The highest BCUT2D eigenvalue weighted by molar-refractivity contribution is 6.15. The van der Waals surface area contributed by atoms with E-state index in [0.29, 0.717) is 18.8 Å². The van der Waals surface area contributed by atoms with E-state index in [1.54, 1.807) is 4.90 Å². The molecule has 8 heteroatoms. The van der Waals surface area contributed by atoms with E-state index in [2.05, 4.69) is 4.99 Å². The zero-order valence-corrected chi connectivity index (χ0v) is 16.2. The van der Waals surface area contributed by atoms with Crippen LogP contribution in [-0.4, -0.2) is 62.4 Å². The number of carbonyl (C=O) groups is 3. The van der Waals surface area contributed by atoms with Gasteiger partial charge in [0, 0.05) is 26.2 Å². The van der Waals surface area contributed by atoms with Gasteiger partial charge in [-0.25, -0.2) is 14.6 Å². The maximum atomic E-state index is 12.8. The fourth-order valence-corrected chi connectivity index (χ4v) is 4.81. The Morgan fingerprint density at radius 3 is 2.46 bits per heavy atom. The van der Waals surface area contributed by atoms with Gasteiger partial charge >= 0.3 is 11.9 Å². The van der Waals surface area contributed by atoms with Crippen molar-refractivity contribution in [1.29, 1.82) is 0 Å². The van der Waals surface area contributed by atoms with Gasteiger partial charge in [0.2, 0.25) is 5.91 Å². The number of esters is 2. The highest BCUT2D eigenvalue weighted by Crippen LogP contribution is 2.55. The normalized spacial score (nSPS) is 25.0. The fraction of sp³-hybridized carbons (Fsp3) is 0.400. The summed E-state index contributed by atoms with van der Waals surface area (Å²) in [4.78, 5) is 45.7. The molecule has 1 unspecified atom stereocenters. The van der Waals surface area contributed by atoms with Crippen molar-refractivity contribution in [3.63, 3.8) is 0 Å². The lowest BCUT2D eigenvalue weighted by Gasteiger charge is -2.39. The Hall–Kier alpha value is -3.16. The molecular formula is C20H21N3O5. The number of benzene rings is 1. The second-order valence-corrected chi connectivity index (χ2v) is 7.10. The van der Waals surface area contributed by atoms with Gasteiger partial charge in [-0.05, 0) is 18.1 Å². The van der Waals surface area contributed by atoms with Crippen molar-refractivity contribution in [2.75, 3.05) is 32.7 Å². The molecule has 1 aromatic rings. The average molecular weight is 383 g/mol. The van der Waals surface area contributed by atoms with Crippen LogP contribution >= 0.6 is 0 Å². The summed E-state index contributed by atoms with van der Waals surface area (Å²) in [7, 11) is 4.38. The maximum Gasteiger partial charge on any atom is 0.357 e. The lowest BCUT2D eigenvalue weighted by molar-refractivity contribution is -0.139. The number of anilines is 1. The molecule has 8 nitrogen and oxygen atoms in total. The number of amides is 1. The average Bonchev–Trinajstić information content (AvgIpc) is 3.21. The molecule has 0 N–H and O–H groups in total. The van der Waals surface area contributed by atoms with E-state index in [0.717, 1.165) is 11.3 Å². The van der Waals surface area contributed by atoms with Crippen molar-refractivity contribution < 1.29 is 23.9 Å². The molecule has 1 amide bonds. The minimum atomic E-state index is -0.735. The molecule has 1 saturated heterocycles. The Morgan fingerprint density at radius 1 is 1.14 bits per heavy atom. The number of carbonyl (C=O) groups excluding carboxylic acids is 3. The van der Waals surface area contributed by atoms with Gasteiger partial charge in [0.1, 0.15) is 5.84 Å². The van der Waals surface area contributed by atoms with Crippen LogP contribution in [0.15, 0.2) is 40.5 Å². The number of para-hydroxylation sites is 1. The van der Waals surface area contributed by atoms with Crippen molar-refractivity contribution in [2.24, 2.45) is 4.99 Å². The van der Waals surface area contributed by atoms with Gasteiger partial charge in [-0.3, -0.25) is 9.69 Å². The topological polar surface area (TPSA) is 88.5 Å². The third-order valence-electron chi connectivity index (χ3n) is 5.91. The monoisotopic (exact) mass is 383 g/mol. The number of methoxy groups -OCH3 is 2. The van der Waals surface area contributed by atoms with E-state index >= 15 is 0 Å². The third-order valence-corrected chi connectivity index (χ3v) is 5.91. The molecule has 1 fully saturated rings. The molecule has 146 valence electrons. The van der Waals surface area contributed by atoms with Crippen LogP contribution in [0.4, 0.5) is 5.69 Å². The molecule has 0 radical (unpaired) electrons. The van der Waals surface area contributed by atoms with E-state index in [4.69, 9.17) is 9.47 Å². The quantitative estimate of drug-likeness (QED) is 0.708. The zero-order chi connectivity index (χ0) is 20.2. The number of amidine groups is 1. The van der Waals surface area contributed by atoms with Crippen molar-refractivity contribution in [1.82, 2.24) is 4.90 Å². The maximum absolute atomic E-state index is 12.8. The van der Waals surface area contributed by atoms with E-state index in [-0.39, 0.29) is 17.2 Å². The predicted molar refractivity (Wildman–Crippen MR) is 101 cm³/mol. The van der Waals surface area contributed by atoms with Crippen LogP contribution in [0.5, 0.6) is 0 Å². The third kappa shape index (κ3) is 2.11. The first kappa shape index (κ1) is 18.2. The lowest BCUT2D eigenvalue weighted by atomic mass is 9.70. The number of aliphatic imine (C=N–C) groups is 1. The Labute approximate surface area is 162 Å². The van der Waals surface area contributed by atoms with Crippen molar-refractivity contribution in [3.8, 4) is 0 Å². The molecule has 1 spiro atoms. The number of hydrogen-bond acceptors (Lipinski definition) is 7. The van der Waals surface area contributed by atoms with Gasteiger partial charge in [0.05, 0.1) is 31.2 Å². The van der Waals surface area contributed by atoms with Crippen molar-refractivity contribution in [3.05, 3.63) is 41.1 Å². The largest absolute Gasteiger partial charge is 0.466 e. The lowest BCUT2D eigenvalue weighted by Crippen LogP contribution is -2.54. The van der Waals surface area contributed by atoms with Crippen LogP contribution in [0.3, 0.4) is 0 Å². The second-order valence-electron chi connectivity index (χ2n) is 7.10. The Kier molecular flexibility index (Phi) is 4.02. The summed E-state index contributed by atoms with van der Waals surface area (Å²) in [6.45, 7) is 1.92. The van der Waals surface area contributed by atoms with Crippen LogP contribution in [0.2, 0.25) is 0 Å². The standard InChI is InChI=1S/C20H21N3O5/c1-11(24)23-10-9-20-12-7-5-6-8-13(12)22(2)16(20)14(17(25)27-3)15(18(26)28-4)21-19(20)23/h5-8,16H,9-10H2,1-4H3/t16?,20-/m0/s1. The molecule has 3 heterocycles. The first-order valence-electron chi connectivity index (χ1n) is 8.99. The smallest absolute Gasteiger partial charge is 0.357 e. The molecular weight excluding hydrogens is 362 g/mol. The van der Waals surface area contributed by atoms with Gasteiger partial charge in [0.15, 0.2) is 5.70 Å². The van der Waals surface area contributed by atoms with Crippen molar-refractivity contribution in [2.45, 2.75) is 24.8 Å². The summed E-state index contributed by atoms with van der Waals surface area (Å²) in [5, 5.41) is 0. The zero-order valence-electron chi connectivity index (χ0n) is 16.2. The van der Waals surface area contributed by atoms with Gasteiger partial charge in [0.25, 0.3) is 0 Å². The number of likely N-dealkylation sites (tertiary alicyclic amines) is 1. The Balaban J connectivity index is 2.07. The number of ether oxygens (including phenoxy) is 2. The highest BCUT2D eigenvalue weighted by Gasteiger charge is 2.63. The highest BCUT2D eigenvalue weighted by atomic mass is 16.5. The summed E-state index contributed by atoms with van der Waals surface area (Å²) in [6.07, 6.45) is 0.590. The van der Waals surface area contributed by atoms with Crippen LogP contribution in [0, 0.1) is 0 Å². The summed E-state index contributed by atoms with van der Waals surface area (Å²) in [5.74, 6) is -1.04. The second kappa shape index (κ2) is 6.19. The molecule has 4 rings (SSSR count). The number of likely N-dealkylation sites (N-methyl/N-ethyl adjacent to an activating group) is 1. The van der Waals surface area contributed by atoms with Gasteiger partial charge < -0.3 is 14.4 Å². The molecule has 3 aliphatic rings. The first-order valence-corrected chi connectivity index (χ1v) is 8.99. The van der Waals surface area contributed by atoms with Crippen LogP contribution < -0.4 is 4.90 Å². The van der Waals surface area contributed by atoms with E-state index in [1.165, 1.54) is 21.1 Å². The van der Waals surface area contributed by atoms with E-state index < -0.39 is 23.4 Å². The first-order chi connectivity index (χ1) is 13.4.